The molecule has 24 heavy (non-hydrogen) atoms. The van der Waals surface area contributed by atoms with Gasteiger partial charge in [0.1, 0.15) is 0 Å². The van der Waals surface area contributed by atoms with E-state index in [-0.39, 0.29) is 19.0 Å². The highest BCUT2D eigenvalue weighted by atomic mass is 35.5. The standard InChI is InChI=1S/C16H23N3O4.ClH/c1-3-9-19(11-14(20)21)12(2)15(22)18-16(23)17-10-13-7-5-4-6-8-13;/h4-8,12H,3,9-11H2,1-2H3,(H,20,21)(H2,17,18,22,23);1H. The van der Waals surface area contributed by atoms with Crippen molar-refractivity contribution in [3.05, 3.63) is 35.9 Å². The number of hydrogen-bond donors (Lipinski definition) is 3. The Labute approximate surface area is 147 Å². The number of rotatable bonds is 8. The van der Waals surface area contributed by atoms with Gasteiger partial charge in [-0.25, -0.2) is 4.79 Å². The van der Waals surface area contributed by atoms with Crippen LogP contribution >= 0.6 is 12.4 Å². The molecule has 3 amide bonds. The van der Waals surface area contributed by atoms with Crippen molar-refractivity contribution in [3.8, 4) is 0 Å². The van der Waals surface area contributed by atoms with Crippen LogP contribution in [0.3, 0.4) is 0 Å². The van der Waals surface area contributed by atoms with E-state index < -0.39 is 23.9 Å². The number of urea groups is 1. The molecule has 0 aliphatic rings. The highest BCUT2D eigenvalue weighted by Gasteiger charge is 2.23. The summed E-state index contributed by atoms with van der Waals surface area (Å²) in [6, 6.07) is 8.01. The molecule has 3 N–H and O–H groups in total. The van der Waals surface area contributed by atoms with Gasteiger partial charge in [0.05, 0.1) is 12.6 Å². The van der Waals surface area contributed by atoms with Gasteiger partial charge in [0, 0.05) is 6.54 Å². The van der Waals surface area contributed by atoms with Crippen LogP contribution < -0.4 is 10.6 Å². The normalized spacial score (nSPS) is 11.3. The molecule has 8 heteroatoms. The number of carboxylic acid groups (broad SMARTS) is 1. The Balaban J connectivity index is 0.00000529. The van der Waals surface area contributed by atoms with Crippen LogP contribution in [0.2, 0.25) is 0 Å². The van der Waals surface area contributed by atoms with Crippen molar-refractivity contribution in [2.24, 2.45) is 0 Å². The van der Waals surface area contributed by atoms with Gasteiger partial charge in [0.25, 0.3) is 0 Å². The average Bonchev–Trinajstić information content (AvgIpc) is 2.52. The van der Waals surface area contributed by atoms with Crippen molar-refractivity contribution in [2.45, 2.75) is 32.9 Å². The summed E-state index contributed by atoms with van der Waals surface area (Å²) in [6.45, 7) is 4.01. The first kappa shape index (κ1) is 21.9. The Hall–Kier alpha value is -2.12. The minimum atomic E-state index is -1.01. The molecule has 0 aliphatic carbocycles. The minimum absolute atomic E-state index is 0. The van der Waals surface area contributed by atoms with Gasteiger partial charge in [-0.1, -0.05) is 37.3 Å². The van der Waals surface area contributed by atoms with Crippen LogP contribution in [0.1, 0.15) is 25.8 Å². The molecule has 0 radical (unpaired) electrons. The van der Waals surface area contributed by atoms with Gasteiger partial charge in [-0.3, -0.25) is 19.8 Å². The zero-order valence-corrected chi connectivity index (χ0v) is 14.6. The van der Waals surface area contributed by atoms with E-state index in [0.29, 0.717) is 19.5 Å². The lowest BCUT2D eigenvalue weighted by Gasteiger charge is -2.25. The average molecular weight is 358 g/mol. The lowest BCUT2D eigenvalue weighted by atomic mass is 10.2. The topological polar surface area (TPSA) is 98.7 Å². The highest BCUT2D eigenvalue weighted by Crippen LogP contribution is 2.01. The van der Waals surface area contributed by atoms with Crippen molar-refractivity contribution < 1.29 is 19.5 Å². The molecule has 0 saturated carbocycles. The van der Waals surface area contributed by atoms with Crippen LogP contribution in [-0.4, -0.2) is 47.0 Å². The maximum atomic E-state index is 12.1. The summed E-state index contributed by atoms with van der Waals surface area (Å²) in [5.74, 6) is -1.53. The van der Waals surface area contributed by atoms with Crippen LogP contribution in [0.5, 0.6) is 0 Å². The quantitative estimate of drug-likeness (QED) is 0.656. The zero-order valence-electron chi connectivity index (χ0n) is 13.8. The molecule has 1 unspecified atom stereocenters. The molecular weight excluding hydrogens is 334 g/mol. The number of halogens is 1. The third-order valence-corrected chi connectivity index (χ3v) is 3.31. The first-order valence-corrected chi connectivity index (χ1v) is 7.52. The number of nitrogens with zero attached hydrogens (tertiary/aromatic N) is 1. The fourth-order valence-corrected chi connectivity index (χ4v) is 2.08. The second-order valence-corrected chi connectivity index (χ2v) is 5.20. The number of amides is 3. The van der Waals surface area contributed by atoms with Crippen LogP contribution in [0.15, 0.2) is 30.3 Å². The molecule has 0 saturated heterocycles. The number of benzene rings is 1. The summed E-state index contributed by atoms with van der Waals surface area (Å²) in [7, 11) is 0. The Bertz CT molecular complexity index is 539. The maximum absolute atomic E-state index is 12.1. The fraction of sp³-hybridized carbons (Fsp3) is 0.438. The zero-order chi connectivity index (χ0) is 17.2. The van der Waals surface area contributed by atoms with Crippen molar-refractivity contribution in [2.75, 3.05) is 13.1 Å². The molecular formula is C16H24ClN3O4. The monoisotopic (exact) mass is 357 g/mol. The van der Waals surface area contributed by atoms with E-state index in [0.717, 1.165) is 5.56 Å². The van der Waals surface area contributed by atoms with Gasteiger partial charge in [-0.05, 0) is 25.5 Å². The van der Waals surface area contributed by atoms with E-state index in [9.17, 15) is 14.4 Å². The lowest BCUT2D eigenvalue weighted by Crippen LogP contribution is -2.50. The van der Waals surface area contributed by atoms with E-state index >= 15 is 0 Å². The third-order valence-electron chi connectivity index (χ3n) is 3.31. The van der Waals surface area contributed by atoms with Crippen molar-refractivity contribution in [1.29, 1.82) is 0 Å². The number of hydrogen-bond acceptors (Lipinski definition) is 4. The van der Waals surface area contributed by atoms with Crippen molar-refractivity contribution in [3.63, 3.8) is 0 Å². The maximum Gasteiger partial charge on any atom is 0.321 e. The van der Waals surface area contributed by atoms with E-state index in [1.807, 2.05) is 37.3 Å². The molecule has 0 aromatic heterocycles. The Morgan fingerprint density at radius 3 is 2.38 bits per heavy atom. The Morgan fingerprint density at radius 2 is 1.83 bits per heavy atom. The first-order valence-electron chi connectivity index (χ1n) is 7.52. The van der Waals surface area contributed by atoms with Crippen LogP contribution in [0.4, 0.5) is 4.79 Å². The molecule has 0 spiro atoms. The van der Waals surface area contributed by atoms with Crippen LogP contribution in [-0.2, 0) is 16.1 Å². The molecule has 0 fully saturated rings. The number of carbonyl (C=O) groups is 3. The summed E-state index contributed by atoms with van der Waals surface area (Å²) in [5.41, 5.74) is 0.918. The van der Waals surface area contributed by atoms with Crippen molar-refractivity contribution >= 4 is 30.3 Å². The summed E-state index contributed by atoms with van der Waals surface area (Å²) in [6.07, 6.45) is 0.713. The highest BCUT2D eigenvalue weighted by molar-refractivity contribution is 5.96. The molecule has 1 atom stereocenters. The summed E-state index contributed by atoms with van der Waals surface area (Å²) < 4.78 is 0. The SMILES string of the molecule is CCCN(CC(=O)O)C(C)C(=O)NC(=O)NCc1ccccc1.Cl. The molecule has 1 aromatic rings. The van der Waals surface area contributed by atoms with Crippen LogP contribution in [0, 0.1) is 0 Å². The predicted octanol–water partition coefficient (Wildman–Crippen LogP) is 1.62. The van der Waals surface area contributed by atoms with Crippen LogP contribution in [0.25, 0.3) is 0 Å². The van der Waals surface area contributed by atoms with E-state index in [4.69, 9.17) is 5.11 Å². The number of carbonyl (C=O) groups excluding carboxylic acids is 2. The Kier molecular flexibility index (Phi) is 10.4. The third kappa shape index (κ3) is 7.94. The number of imide groups is 1. The summed E-state index contributed by atoms with van der Waals surface area (Å²) in [5, 5.41) is 13.7. The van der Waals surface area contributed by atoms with Gasteiger partial charge in [-0.2, -0.15) is 0 Å². The van der Waals surface area contributed by atoms with Gasteiger partial charge in [-0.15, -0.1) is 12.4 Å². The van der Waals surface area contributed by atoms with E-state index in [2.05, 4.69) is 10.6 Å². The second-order valence-electron chi connectivity index (χ2n) is 5.20. The van der Waals surface area contributed by atoms with Gasteiger partial charge in [0.2, 0.25) is 5.91 Å². The molecule has 0 heterocycles. The second kappa shape index (κ2) is 11.4. The minimum Gasteiger partial charge on any atom is -0.480 e. The number of aliphatic carboxylic acids is 1. The van der Waals surface area contributed by atoms with E-state index in [1.54, 1.807) is 6.92 Å². The van der Waals surface area contributed by atoms with Gasteiger partial charge < -0.3 is 10.4 Å². The smallest absolute Gasteiger partial charge is 0.321 e. The fourth-order valence-electron chi connectivity index (χ4n) is 2.08. The first-order chi connectivity index (χ1) is 10.9. The van der Waals surface area contributed by atoms with E-state index in [1.165, 1.54) is 4.90 Å². The predicted molar refractivity (Wildman–Crippen MR) is 93.0 cm³/mol. The molecule has 134 valence electrons. The van der Waals surface area contributed by atoms with Crippen molar-refractivity contribution in [1.82, 2.24) is 15.5 Å². The molecule has 7 nitrogen and oxygen atoms in total. The molecule has 1 aromatic carbocycles. The molecule has 1 rings (SSSR count). The summed E-state index contributed by atoms with van der Waals surface area (Å²) >= 11 is 0. The number of nitrogens with one attached hydrogen (secondary N) is 2. The van der Waals surface area contributed by atoms with Gasteiger partial charge in [0.15, 0.2) is 0 Å². The number of carboxylic acids is 1. The van der Waals surface area contributed by atoms with Gasteiger partial charge >= 0.3 is 12.0 Å². The lowest BCUT2D eigenvalue weighted by molar-refractivity contribution is -0.139. The Morgan fingerprint density at radius 1 is 1.21 bits per heavy atom. The molecule has 0 bridgehead atoms. The largest absolute Gasteiger partial charge is 0.480 e. The summed E-state index contributed by atoms with van der Waals surface area (Å²) in [4.78, 5) is 36.2. The molecule has 0 aliphatic heterocycles.